The number of benzene rings is 1. The Kier molecular flexibility index (Phi) is 2.66. The quantitative estimate of drug-likeness (QED) is 0.644. The minimum absolute atomic E-state index is 0.119. The summed E-state index contributed by atoms with van der Waals surface area (Å²) in [6, 6.07) is 5.39. The predicted molar refractivity (Wildman–Crippen MR) is 61.6 cm³/mol. The van der Waals surface area contributed by atoms with Crippen LogP contribution in [0.25, 0.3) is 16.7 Å². The fourth-order valence-corrected chi connectivity index (χ4v) is 1.80. The molecule has 0 atom stereocenters. The number of hydrogen-bond donors (Lipinski definition) is 0. The number of alkyl halides is 3. The third-order valence-corrected chi connectivity index (χ3v) is 2.63. The number of halogens is 4. The lowest BCUT2D eigenvalue weighted by molar-refractivity contribution is -0.144. The molecule has 0 fully saturated rings. The molecule has 0 radical (unpaired) electrons. The Labute approximate surface area is 109 Å². The number of hydrogen-bond acceptors (Lipinski definition) is 3. The number of rotatable bonds is 1. The van der Waals surface area contributed by atoms with Crippen LogP contribution >= 0.6 is 0 Å². The van der Waals surface area contributed by atoms with Crippen LogP contribution < -0.4 is 0 Å². The number of nitrogens with zero attached hydrogens (tertiary/aromatic N) is 4. The number of aromatic nitrogens is 4. The molecule has 2 heterocycles. The smallest absolute Gasteiger partial charge is 0.222 e. The lowest BCUT2D eigenvalue weighted by atomic mass is 10.2. The van der Waals surface area contributed by atoms with Crippen molar-refractivity contribution in [1.82, 2.24) is 19.7 Å². The van der Waals surface area contributed by atoms with E-state index in [9.17, 15) is 17.6 Å². The molecule has 0 saturated heterocycles. The molecule has 0 N–H and O–H groups in total. The number of fused-ring (bicyclic) bond motifs is 1. The van der Waals surface area contributed by atoms with E-state index in [4.69, 9.17) is 0 Å². The summed E-state index contributed by atoms with van der Waals surface area (Å²) >= 11 is 0. The van der Waals surface area contributed by atoms with Gasteiger partial charge in [0.2, 0.25) is 5.82 Å². The fraction of sp³-hybridized carbons (Fsp3) is 0.0833. The summed E-state index contributed by atoms with van der Waals surface area (Å²) in [7, 11) is 0. The average Bonchev–Trinajstić information content (AvgIpc) is 2.91. The van der Waals surface area contributed by atoms with Gasteiger partial charge in [0, 0.05) is 17.8 Å². The Morgan fingerprint density at radius 3 is 2.50 bits per heavy atom. The van der Waals surface area contributed by atoms with Crippen molar-refractivity contribution in [2.24, 2.45) is 0 Å². The van der Waals surface area contributed by atoms with E-state index in [0.29, 0.717) is 0 Å². The molecule has 102 valence electrons. The van der Waals surface area contributed by atoms with Crippen molar-refractivity contribution in [3.63, 3.8) is 0 Å². The van der Waals surface area contributed by atoms with Gasteiger partial charge in [-0.3, -0.25) is 0 Å². The molecule has 3 rings (SSSR count). The zero-order valence-corrected chi connectivity index (χ0v) is 9.76. The summed E-state index contributed by atoms with van der Waals surface area (Å²) in [5.74, 6) is -2.36. The van der Waals surface area contributed by atoms with E-state index in [0.717, 1.165) is 10.7 Å². The van der Waals surface area contributed by atoms with Gasteiger partial charge >= 0.3 is 6.18 Å². The molecular formula is C12H6F4N4. The van der Waals surface area contributed by atoms with Crippen LogP contribution in [0.1, 0.15) is 5.82 Å². The second kappa shape index (κ2) is 4.26. The topological polar surface area (TPSA) is 43.6 Å². The van der Waals surface area contributed by atoms with E-state index in [1.807, 2.05) is 0 Å². The molecule has 20 heavy (non-hydrogen) atoms. The molecule has 0 spiro atoms. The van der Waals surface area contributed by atoms with Crippen LogP contribution in [0.3, 0.4) is 0 Å². The fourth-order valence-electron chi connectivity index (χ4n) is 1.80. The lowest BCUT2D eigenvalue weighted by Crippen LogP contribution is -2.14. The van der Waals surface area contributed by atoms with E-state index in [1.54, 1.807) is 0 Å². The highest BCUT2D eigenvalue weighted by Gasteiger charge is 2.36. The van der Waals surface area contributed by atoms with Crippen molar-refractivity contribution in [3.8, 4) is 5.82 Å². The van der Waals surface area contributed by atoms with Crippen molar-refractivity contribution in [2.45, 2.75) is 6.18 Å². The Morgan fingerprint density at radius 1 is 1.05 bits per heavy atom. The standard InChI is InChI=1S/C12H6F4N4/c13-8-4-1-3-7-9(8)18-11(12(14,15)16)19-10(7)20-6-2-5-17-20/h1-6H. The first-order chi connectivity index (χ1) is 9.47. The highest BCUT2D eigenvalue weighted by molar-refractivity contribution is 5.85. The van der Waals surface area contributed by atoms with Gasteiger partial charge in [-0.25, -0.2) is 19.0 Å². The molecule has 2 aromatic heterocycles. The van der Waals surface area contributed by atoms with Crippen LogP contribution in [0.5, 0.6) is 0 Å². The van der Waals surface area contributed by atoms with Gasteiger partial charge in [-0.05, 0) is 18.2 Å². The molecular weight excluding hydrogens is 276 g/mol. The van der Waals surface area contributed by atoms with Crippen LogP contribution in [0.4, 0.5) is 17.6 Å². The van der Waals surface area contributed by atoms with Crippen LogP contribution in [-0.2, 0) is 6.18 Å². The lowest BCUT2D eigenvalue weighted by Gasteiger charge is -2.10. The molecule has 0 aliphatic heterocycles. The second-order valence-corrected chi connectivity index (χ2v) is 3.96. The largest absolute Gasteiger partial charge is 0.451 e. The highest BCUT2D eigenvalue weighted by atomic mass is 19.4. The summed E-state index contributed by atoms with van der Waals surface area (Å²) in [5.41, 5.74) is -0.389. The summed E-state index contributed by atoms with van der Waals surface area (Å²) in [6.45, 7) is 0. The van der Waals surface area contributed by atoms with E-state index < -0.39 is 17.8 Å². The summed E-state index contributed by atoms with van der Waals surface area (Å²) in [6.07, 6.45) is -1.95. The highest BCUT2D eigenvalue weighted by Crippen LogP contribution is 2.30. The molecule has 4 nitrogen and oxygen atoms in total. The first-order valence-electron chi connectivity index (χ1n) is 5.50. The molecule has 0 saturated carbocycles. The summed E-state index contributed by atoms with van der Waals surface area (Å²) in [4.78, 5) is 6.72. The van der Waals surface area contributed by atoms with Crippen LogP contribution in [0.2, 0.25) is 0 Å². The Bertz CT molecular complexity index is 765. The summed E-state index contributed by atoms with van der Waals surface area (Å²) in [5, 5.41) is 3.98. The molecule has 1 aromatic carbocycles. The Balaban J connectivity index is 2.40. The molecule has 0 aliphatic rings. The van der Waals surface area contributed by atoms with Crippen LogP contribution in [-0.4, -0.2) is 19.7 Å². The second-order valence-electron chi connectivity index (χ2n) is 3.96. The molecule has 0 aliphatic carbocycles. The van der Waals surface area contributed by atoms with E-state index >= 15 is 0 Å². The maximum Gasteiger partial charge on any atom is 0.451 e. The zero-order valence-electron chi connectivity index (χ0n) is 9.76. The van der Waals surface area contributed by atoms with Gasteiger partial charge in [0.15, 0.2) is 5.82 Å². The van der Waals surface area contributed by atoms with E-state index in [2.05, 4.69) is 15.1 Å². The first-order valence-corrected chi connectivity index (χ1v) is 5.50. The molecule has 0 bridgehead atoms. The van der Waals surface area contributed by atoms with Gasteiger partial charge in [-0.2, -0.15) is 18.3 Å². The zero-order chi connectivity index (χ0) is 14.3. The van der Waals surface area contributed by atoms with Crippen LogP contribution in [0.15, 0.2) is 36.7 Å². The average molecular weight is 282 g/mol. The number of para-hydroxylation sites is 1. The van der Waals surface area contributed by atoms with Gasteiger partial charge in [0.25, 0.3) is 0 Å². The third-order valence-electron chi connectivity index (χ3n) is 2.63. The van der Waals surface area contributed by atoms with Crippen molar-refractivity contribution >= 4 is 10.9 Å². The third kappa shape index (κ3) is 1.98. The van der Waals surface area contributed by atoms with Gasteiger partial charge in [0.1, 0.15) is 11.3 Å². The van der Waals surface area contributed by atoms with Crippen molar-refractivity contribution in [2.75, 3.05) is 0 Å². The van der Waals surface area contributed by atoms with Crippen LogP contribution in [0, 0.1) is 5.82 Å². The SMILES string of the molecule is Fc1cccc2c(-n3cccn3)nc(C(F)(F)F)nc12. The van der Waals surface area contributed by atoms with E-state index in [1.165, 1.54) is 30.6 Å². The Morgan fingerprint density at radius 2 is 1.85 bits per heavy atom. The Hall–Kier alpha value is -2.51. The normalized spacial score (nSPS) is 12.0. The van der Waals surface area contributed by atoms with Crippen molar-refractivity contribution < 1.29 is 17.6 Å². The van der Waals surface area contributed by atoms with Crippen molar-refractivity contribution in [1.29, 1.82) is 0 Å². The molecule has 8 heteroatoms. The maximum atomic E-state index is 13.7. The van der Waals surface area contributed by atoms with Crippen molar-refractivity contribution in [3.05, 3.63) is 48.3 Å². The summed E-state index contributed by atoms with van der Waals surface area (Å²) < 4.78 is 53.2. The van der Waals surface area contributed by atoms with E-state index in [-0.39, 0.29) is 16.7 Å². The van der Waals surface area contributed by atoms with Gasteiger partial charge in [0.05, 0.1) is 0 Å². The van der Waals surface area contributed by atoms with Gasteiger partial charge in [-0.1, -0.05) is 6.07 Å². The minimum atomic E-state index is -4.77. The predicted octanol–water partition coefficient (Wildman–Crippen LogP) is 2.97. The maximum absolute atomic E-state index is 13.7. The molecule has 0 amide bonds. The van der Waals surface area contributed by atoms with Gasteiger partial charge < -0.3 is 0 Å². The minimum Gasteiger partial charge on any atom is -0.222 e. The monoisotopic (exact) mass is 282 g/mol. The van der Waals surface area contributed by atoms with Gasteiger partial charge in [-0.15, -0.1) is 0 Å². The molecule has 3 aromatic rings. The first kappa shape index (κ1) is 12.5. The molecule has 0 unspecified atom stereocenters.